The predicted molar refractivity (Wildman–Crippen MR) is 104 cm³/mol. The molecule has 1 aromatic carbocycles. The summed E-state index contributed by atoms with van der Waals surface area (Å²) < 4.78 is 16.1. The number of rotatable bonds is 2. The first-order valence-electron chi connectivity index (χ1n) is 9.09. The van der Waals surface area contributed by atoms with Crippen LogP contribution in [0.1, 0.15) is 0 Å². The largest absolute Gasteiger partial charge is 0.619 e. The predicted octanol–water partition coefficient (Wildman–Crippen LogP) is 2.03. The van der Waals surface area contributed by atoms with Crippen LogP contribution in [0.2, 0.25) is 0 Å². The van der Waals surface area contributed by atoms with E-state index in [-0.39, 0.29) is 11.2 Å². The van der Waals surface area contributed by atoms with Crippen LogP contribution in [0.4, 0.5) is 10.2 Å². The zero-order chi connectivity index (χ0) is 19.1. The highest BCUT2D eigenvalue weighted by Crippen LogP contribution is 2.32. The van der Waals surface area contributed by atoms with E-state index in [9.17, 15) is 5.21 Å². The van der Waals surface area contributed by atoms with Crippen LogP contribution >= 0.6 is 0 Å². The molecule has 8 heteroatoms. The van der Waals surface area contributed by atoms with Gasteiger partial charge in [-0.3, -0.25) is 4.98 Å². The Labute approximate surface area is 160 Å². The van der Waals surface area contributed by atoms with Gasteiger partial charge in [0.05, 0.1) is 10.9 Å². The van der Waals surface area contributed by atoms with Crippen molar-refractivity contribution in [1.29, 1.82) is 0 Å². The lowest BCUT2D eigenvalue weighted by atomic mass is 10.0. The number of piperazine rings is 1. The van der Waals surface area contributed by atoms with Crippen molar-refractivity contribution in [1.82, 2.24) is 20.3 Å². The van der Waals surface area contributed by atoms with E-state index < -0.39 is 5.82 Å². The third-order valence-corrected chi connectivity index (χ3v) is 5.05. The average Bonchev–Trinajstić information content (AvgIpc) is 2.74. The van der Waals surface area contributed by atoms with Crippen molar-refractivity contribution in [3.63, 3.8) is 0 Å². The molecule has 0 radical (unpaired) electrons. The minimum atomic E-state index is -0.548. The Morgan fingerprint density at radius 1 is 1.04 bits per heavy atom. The minimum absolute atomic E-state index is 0.110. The van der Waals surface area contributed by atoms with Crippen molar-refractivity contribution in [3.05, 3.63) is 60.2 Å². The van der Waals surface area contributed by atoms with Gasteiger partial charge >= 0.3 is 0 Å². The number of hydrogen-bond donors (Lipinski definition) is 1. The van der Waals surface area contributed by atoms with Gasteiger partial charge in [0.2, 0.25) is 0 Å². The van der Waals surface area contributed by atoms with Crippen LogP contribution in [0, 0.1) is 11.0 Å². The van der Waals surface area contributed by atoms with Gasteiger partial charge in [0.1, 0.15) is 23.4 Å². The number of anilines is 1. The number of aromatic nitrogens is 4. The van der Waals surface area contributed by atoms with Crippen LogP contribution < -0.4 is 14.9 Å². The van der Waals surface area contributed by atoms with E-state index in [1.165, 1.54) is 18.7 Å². The van der Waals surface area contributed by atoms with Gasteiger partial charge in [-0.25, -0.2) is 14.4 Å². The van der Waals surface area contributed by atoms with Crippen LogP contribution in [-0.2, 0) is 0 Å². The molecular weight excluding hydrogens is 359 g/mol. The Bertz CT molecular complexity index is 1190. The van der Waals surface area contributed by atoms with Crippen LogP contribution in [-0.4, -0.2) is 41.1 Å². The average molecular weight is 376 g/mol. The van der Waals surface area contributed by atoms with Crippen molar-refractivity contribution in [3.8, 4) is 11.3 Å². The summed E-state index contributed by atoms with van der Waals surface area (Å²) >= 11 is 0. The second-order valence-electron chi connectivity index (χ2n) is 6.74. The molecule has 5 rings (SSSR count). The maximum Gasteiger partial charge on any atom is 0.190 e. The van der Waals surface area contributed by atoms with Crippen LogP contribution in [0.3, 0.4) is 0 Å². The summed E-state index contributed by atoms with van der Waals surface area (Å²) in [5.74, 6) is 0.133. The Kier molecular flexibility index (Phi) is 3.98. The number of fused-ring (bicyclic) bond motifs is 2. The van der Waals surface area contributed by atoms with Gasteiger partial charge in [-0.15, -0.1) is 0 Å². The molecule has 0 amide bonds. The van der Waals surface area contributed by atoms with Gasteiger partial charge in [0.15, 0.2) is 18.2 Å². The van der Waals surface area contributed by atoms with Crippen molar-refractivity contribution in [2.45, 2.75) is 0 Å². The first kappa shape index (κ1) is 16.8. The summed E-state index contributed by atoms with van der Waals surface area (Å²) in [5, 5.41) is 17.4. The van der Waals surface area contributed by atoms with Crippen molar-refractivity contribution < 1.29 is 9.12 Å². The molecule has 28 heavy (non-hydrogen) atoms. The molecule has 0 bridgehead atoms. The number of nitrogens with zero attached hydrogens (tertiary/aromatic N) is 5. The fraction of sp³-hybridized carbons (Fsp3) is 0.200. The molecule has 3 aromatic heterocycles. The Hall–Kier alpha value is -3.39. The Balaban J connectivity index is 1.72. The van der Waals surface area contributed by atoms with Gasteiger partial charge in [0, 0.05) is 43.1 Å². The van der Waals surface area contributed by atoms with E-state index in [2.05, 4.69) is 25.2 Å². The smallest absolute Gasteiger partial charge is 0.190 e. The van der Waals surface area contributed by atoms with Crippen molar-refractivity contribution >= 4 is 27.5 Å². The standard InChI is InChI=1S/C20H17FN6O/c21-17-18-15(20(25-12-24-18)26-7-5-22-6-8-26)9-23-19(17)16-11-27(28)10-13-3-1-2-4-14(13)16/h1-4,9-12,22H,5-8H2. The zero-order valence-electron chi connectivity index (χ0n) is 15.0. The number of hydrogen-bond acceptors (Lipinski definition) is 6. The fourth-order valence-corrected chi connectivity index (χ4v) is 3.71. The lowest BCUT2D eigenvalue weighted by Crippen LogP contribution is -2.44. The monoisotopic (exact) mass is 376 g/mol. The molecule has 7 nitrogen and oxygen atoms in total. The van der Waals surface area contributed by atoms with Gasteiger partial charge in [-0.1, -0.05) is 18.2 Å². The first-order valence-corrected chi connectivity index (χ1v) is 9.09. The van der Waals surface area contributed by atoms with E-state index in [0.717, 1.165) is 37.0 Å². The summed E-state index contributed by atoms with van der Waals surface area (Å²) in [6.45, 7) is 3.27. The molecule has 0 atom stereocenters. The van der Waals surface area contributed by atoms with Gasteiger partial charge < -0.3 is 15.4 Å². The molecule has 1 fully saturated rings. The first-order chi connectivity index (χ1) is 13.7. The molecule has 1 saturated heterocycles. The summed E-state index contributed by atoms with van der Waals surface area (Å²) in [5.41, 5.74) is 0.757. The van der Waals surface area contributed by atoms with E-state index in [1.807, 2.05) is 24.3 Å². The van der Waals surface area contributed by atoms with Gasteiger partial charge in [0.25, 0.3) is 0 Å². The van der Waals surface area contributed by atoms with Crippen LogP contribution in [0.25, 0.3) is 32.9 Å². The Morgan fingerprint density at radius 2 is 1.86 bits per heavy atom. The number of halogens is 1. The highest BCUT2D eigenvalue weighted by Gasteiger charge is 2.21. The fourth-order valence-electron chi connectivity index (χ4n) is 3.71. The van der Waals surface area contributed by atoms with Crippen LogP contribution in [0.5, 0.6) is 0 Å². The Morgan fingerprint density at radius 3 is 2.71 bits per heavy atom. The summed E-state index contributed by atoms with van der Waals surface area (Å²) in [6.07, 6.45) is 5.78. The molecule has 1 N–H and O–H groups in total. The molecule has 0 saturated carbocycles. The highest BCUT2D eigenvalue weighted by molar-refractivity contribution is 5.97. The molecule has 1 aliphatic heterocycles. The van der Waals surface area contributed by atoms with Crippen LogP contribution in [0.15, 0.2) is 49.2 Å². The van der Waals surface area contributed by atoms with Gasteiger partial charge in [-0.05, 0) is 6.07 Å². The van der Waals surface area contributed by atoms with E-state index in [4.69, 9.17) is 0 Å². The van der Waals surface area contributed by atoms with E-state index >= 15 is 4.39 Å². The molecule has 0 unspecified atom stereocenters. The van der Waals surface area contributed by atoms with Crippen molar-refractivity contribution in [2.24, 2.45) is 0 Å². The molecule has 4 heterocycles. The number of nitrogens with one attached hydrogen (secondary N) is 1. The SMILES string of the molecule is [O-][n+]1cc(-c2ncc3c(N4CCNCC4)ncnc3c2F)c2ccccc2c1. The summed E-state index contributed by atoms with van der Waals surface area (Å²) in [7, 11) is 0. The molecular formula is C20H17FN6O. The molecule has 140 valence electrons. The lowest BCUT2D eigenvalue weighted by molar-refractivity contribution is -0.603. The molecule has 1 aliphatic rings. The number of pyridine rings is 2. The normalized spacial score (nSPS) is 14.7. The maximum absolute atomic E-state index is 15.5. The third-order valence-electron chi connectivity index (χ3n) is 5.05. The third kappa shape index (κ3) is 2.69. The summed E-state index contributed by atoms with van der Waals surface area (Å²) in [6, 6.07) is 7.35. The molecule has 0 spiro atoms. The topological polar surface area (TPSA) is 80.9 Å². The van der Waals surface area contributed by atoms with E-state index in [0.29, 0.717) is 21.5 Å². The lowest BCUT2D eigenvalue weighted by Gasteiger charge is -2.29. The second-order valence-corrected chi connectivity index (χ2v) is 6.74. The summed E-state index contributed by atoms with van der Waals surface area (Å²) in [4.78, 5) is 15.0. The highest BCUT2D eigenvalue weighted by atomic mass is 19.1. The quantitative estimate of drug-likeness (QED) is 0.426. The zero-order valence-corrected chi connectivity index (χ0v) is 15.0. The number of benzene rings is 1. The molecule has 0 aliphatic carbocycles. The van der Waals surface area contributed by atoms with Crippen molar-refractivity contribution in [2.75, 3.05) is 31.1 Å². The molecule has 4 aromatic rings. The van der Waals surface area contributed by atoms with Gasteiger partial charge in [-0.2, -0.15) is 4.73 Å². The maximum atomic E-state index is 15.5. The van der Waals surface area contributed by atoms with E-state index in [1.54, 1.807) is 6.20 Å². The second kappa shape index (κ2) is 6.65. The minimum Gasteiger partial charge on any atom is -0.619 e.